The van der Waals surface area contributed by atoms with Gasteiger partial charge in [0, 0.05) is 11.8 Å². The Balaban J connectivity index is 2.02. The molecule has 1 aromatic carbocycles. The van der Waals surface area contributed by atoms with Crippen LogP contribution in [-0.4, -0.2) is 6.61 Å². The van der Waals surface area contributed by atoms with Gasteiger partial charge in [0.05, 0.1) is 6.61 Å². The summed E-state index contributed by atoms with van der Waals surface area (Å²) < 4.78 is 5.79. The Labute approximate surface area is 97.8 Å². The topological polar surface area (TPSA) is 35.2 Å². The highest BCUT2D eigenvalue weighted by molar-refractivity contribution is 5.48. The molecule has 0 radical (unpaired) electrons. The predicted molar refractivity (Wildman–Crippen MR) is 67.7 cm³/mol. The molecule has 1 fully saturated rings. The Morgan fingerprint density at radius 3 is 2.62 bits per heavy atom. The van der Waals surface area contributed by atoms with Crippen LogP contribution in [0.3, 0.4) is 0 Å². The molecule has 0 saturated heterocycles. The van der Waals surface area contributed by atoms with Crippen molar-refractivity contribution in [1.82, 2.24) is 0 Å². The van der Waals surface area contributed by atoms with E-state index in [1.807, 2.05) is 12.1 Å². The minimum Gasteiger partial charge on any atom is -0.493 e. The van der Waals surface area contributed by atoms with Gasteiger partial charge in [-0.25, -0.2) is 0 Å². The van der Waals surface area contributed by atoms with Gasteiger partial charge in [0.1, 0.15) is 5.75 Å². The Kier molecular flexibility index (Phi) is 3.08. The monoisotopic (exact) mass is 219 g/mol. The van der Waals surface area contributed by atoms with Gasteiger partial charge in [-0.1, -0.05) is 20.8 Å². The van der Waals surface area contributed by atoms with Crippen molar-refractivity contribution >= 4 is 5.69 Å². The zero-order valence-electron chi connectivity index (χ0n) is 10.4. The lowest BCUT2D eigenvalue weighted by Gasteiger charge is -2.11. The van der Waals surface area contributed by atoms with Crippen LogP contribution in [0.2, 0.25) is 0 Å². The maximum Gasteiger partial charge on any atom is 0.121 e. The second kappa shape index (κ2) is 4.36. The number of benzene rings is 1. The van der Waals surface area contributed by atoms with Crippen LogP contribution in [-0.2, 0) is 0 Å². The third-order valence-corrected chi connectivity index (χ3v) is 3.36. The number of hydrogen-bond acceptors (Lipinski definition) is 2. The van der Waals surface area contributed by atoms with E-state index in [4.69, 9.17) is 10.5 Å². The average Bonchev–Trinajstić information content (AvgIpc) is 2.91. The van der Waals surface area contributed by atoms with E-state index in [0.29, 0.717) is 5.92 Å². The molecule has 1 aliphatic rings. The third-order valence-electron chi connectivity index (χ3n) is 3.36. The van der Waals surface area contributed by atoms with Gasteiger partial charge >= 0.3 is 0 Å². The molecule has 0 spiro atoms. The summed E-state index contributed by atoms with van der Waals surface area (Å²) in [6, 6.07) is 6.05. The zero-order valence-corrected chi connectivity index (χ0v) is 10.4. The second-order valence-corrected chi connectivity index (χ2v) is 5.27. The average molecular weight is 219 g/mol. The van der Waals surface area contributed by atoms with E-state index >= 15 is 0 Å². The normalized spacial score (nSPS) is 23.5. The van der Waals surface area contributed by atoms with Crippen molar-refractivity contribution in [3.8, 4) is 5.75 Å². The fourth-order valence-corrected chi connectivity index (χ4v) is 1.90. The molecule has 2 atom stereocenters. The molecule has 2 unspecified atom stereocenters. The van der Waals surface area contributed by atoms with Gasteiger partial charge in [0.2, 0.25) is 0 Å². The molecule has 2 heteroatoms. The van der Waals surface area contributed by atoms with Gasteiger partial charge in [-0.3, -0.25) is 0 Å². The quantitative estimate of drug-likeness (QED) is 0.787. The number of ether oxygens (including phenoxy) is 1. The molecule has 88 valence electrons. The molecule has 0 heterocycles. The van der Waals surface area contributed by atoms with Crippen molar-refractivity contribution in [2.75, 3.05) is 12.3 Å². The first-order valence-corrected chi connectivity index (χ1v) is 6.09. The summed E-state index contributed by atoms with van der Waals surface area (Å²) in [4.78, 5) is 0. The Bertz CT molecular complexity index is 373. The highest BCUT2D eigenvalue weighted by Crippen LogP contribution is 2.38. The van der Waals surface area contributed by atoms with E-state index in [1.165, 1.54) is 12.0 Å². The Morgan fingerprint density at radius 1 is 1.38 bits per heavy atom. The first kappa shape index (κ1) is 11.3. The minimum atomic E-state index is 0.491. The van der Waals surface area contributed by atoms with Crippen molar-refractivity contribution in [3.05, 3.63) is 23.8 Å². The molecule has 2 rings (SSSR count). The summed E-state index contributed by atoms with van der Waals surface area (Å²) in [6.45, 7) is 7.44. The lowest BCUT2D eigenvalue weighted by molar-refractivity contribution is 0.293. The number of nitrogens with two attached hydrogens (primary N) is 1. The van der Waals surface area contributed by atoms with Crippen LogP contribution >= 0.6 is 0 Å². The van der Waals surface area contributed by atoms with E-state index in [-0.39, 0.29) is 0 Å². The zero-order chi connectivity index (χ0) is 11.7. The molecule has 0 bridgehead atoms. The molecule has 2 nitrogen and oxygen atoms in total. The number of nitrogen functional groups attached to an aromatic ring is 1. The van der Waals surface area contributed by atoms with Crippen molar-refractivity contribution in [3.63, 3.8) is 0 Å². The fraction of sp³-hybridized carbons (Fsp3) is 0.571. The molecular formula is C14H21NO. The van der Waals surface area contributed by atoms with Crippen molar-refractivity contribution in [2.45, 2.75) is 33.1 Å². The molecule has 16 heavy (non-hydrogen) atoms. The van der Waals surface area contributed by atoms with Gasteiger partial charge in [0.25, 0.3) is 0 Å². The summed E-state index contributed by atoms with van der Waals surface area (Å²) in [6.07, 6.45) is 1.30. The lowest BCUT2D eigenvalue weighted by Crippen LogP contribution is -2.02. The van der Waals surface area contributed by atoms with E-state index in [1.54, 1.807) is 0 Å². The second-order valence-electron chi connectivity index (χ2n) is 5.27. The standard InChI is InChI=1S/C14H21NO/c1-9(2)11-5-13(15)7-14(6-11)16-8-12-4-10(12)3/h5-7,9-10,12H,4,8,15H2,1-3H3. The van der Waals surface area contributed by atoms with Gasteiger partial charge in [-0.2, -0.15) is 0 Å². The fourth-order valence-electron chi connectivity index (χ4n) is 1.90. The molecule has 0 amide bonds. The van der Waals surface area contributed by atoms with E-state index < -0.39 is 0 Å². The summed E-state index contributed by atoms with van der Waals surface area (Å²) >= 11 is 0. The molecule has 0 aromatic heterocycles. The summed E-state index contributed by atoms with van der Waals surface area (Å²) in [5, 5.41) is 0. The lowest BCUT2D eigenvalue weighted by atomic mass is 10.0. The van der Waals surface area contributed by atoms with Gasteiger partial charge < -0.3 is 10.5 Å². The number of anilines is 1. The van der Waals surface area contributed by atoms with Crippen LogP contribution in [0, 0.1) is 11.8 Å². The maximum atomic E-state index is 5.87. The van der Waals surface area contributed by atoms with Gasteiger partial charge in [-0.05, 0) is 41.9 Å². The van der Waals surface area contributed by atoms with E-state index in [0.717, 1.165) is 29.9 Å². The third kappa shape index (κ3) is 2.69. The summed E-state index contributed by atoms with van der Waals surface area (Å²) in [5.74, 6) is 3.00. The van der Waals surface area contributed by atoms with Crippen LogP contribution in [0.25, 0.3) is 0 Å². The molecule has 1 saturated carbocycles. The number of rotatable bonds is 4. The molecule has 0 aliphatic heterocycles. The van der Waals surface area contributed by atoms with E-state index in [2.05, 4.69) is 26.8 Å². The summed E-state index contributed by atoms with van der Waals surface area (Å²) in [7, 11) is 0. The van der Waals surface area contributed by atoms with Crippen molar-refractivity contribution in [1.29, 1.82) is 0 Å². The first-order chi connectivity index (χ1) is 7.56. The van der Waals surface area contributed by atoms with Gasteiger partial charge in [0.15, 0.2) is 0 Å². The largest absolute Gasteiger partial charge is 0.493 e. The predicted octanol–water partition coefficient (Wildman–Crippen LogP) is 3.43. The highest BCUT2D eigenvalue weighted by atomic mass is 16.5. The van der Waals surface area contributed by atoms with Crippen molar-refractivity contribution < 1.29 is 4.74 Å². The first-order valence-electron chi connectivity index (χ1n) is 6.09. The molecule has 2 N–H and O–H groups in total. The Hall–Kier alpha value is -1.18. The minimum absolute atomic E-state index is 0.491. The summed E-state index contributed by atoms with van der Waals surface area (Å²) in [5.41, 5.74) is 7.91. The number of hydrogen-bond donors (Lipinski definition) is 1. The molecular weight excluding hydrogens is 198 g/mol. The molecule has 1 aromatic rings. The molecule has 1 aliphatic carbocycles. The van der Waals surface area contributed by atoms with Gasteiger partial charge in [-0.15, -0.1) is 0 Å². The smallest absolute Gasteiger partial charge is 0.121 e. The van der Waals surface area contributed by atoms with Crippen LogP contribution < -0.4 is 10.5 Å². The SMILES string of the molecule is CC(C)c1cc(N)cc(OCC2CC2C)c1. The maximum absolute atomic E-state index is 5.87. The van der Waals surface area contributed by atoms with Crippen LogP contribution in [0.1, 0.15) is 38.7 Å². The van der Waals surface area contributed by atoms with Crippen LogP contribution in [0.5, 0.6) is 5.75 Å². The van der Waals surface area contributed by atoms with Crippen LogP contribution in [0.4, 0.5) is 5.69 Å². The highest BCUT2D eigenvalue weighted by Gasteiger charge is 2.32. The Morgan fingerprint density at radius 2 is 2.06 bits per heavy atom. The van der Waals surface area contributed by atoms with Crippen molar-refractivity contribution in [2.24, 2.45) is 11.8 Å². The van der Waals surface area contributed by atoms with Crippen LogP contribution in [0.15, 0.2) is 18.2 Å². The van der Waals surface area contributed by atoms with E-state index in [9.17, 15) is 0 Å².